The number of hydrogen-bond donors (Lipinski definition) is 6. The third-order valence-electron chi connectivity index (χ3n) is 12.7. The van der Waals surface area contributed by atoms with Crippen LogP contribution in [0.1, 0.15) is 251 Å². The fourth-order valence-electron chi connectivity index (χ4n) is 8.55. The van der Waals surface area contributed by atoms with Crippen molar-refractivity contribution >= 4 is 0 Å². The third kappa shape index (κ3) is 31.2. The standard InChI is InChI=1S/C50H100O9/c1-3-5-7-9-11-13-15-17-18-19-20-21-22-23-24-25-26-27-28-30-32-34-36-38-40-57-45(42-58-50-49(56)48(55)47(54)44(41-51)59-50)46(53)43(52)39-37-35-33-31-29-16-14-12-10-8-6-4-2/h43-56H,3-42H2,1-2H3/t43-,44-,45+,46-,47+,48+,49-,50+/m1/s1. The lowest BCUT2D eigenvalue weighted by atomic mass is 9.99. The van der Waals surface area contributed by atoms with E-state index in [4.69, 9.17) is 14.2 Å². The van der Waals surface area contributed by atoms with Crippen LogP contribution in [0.4, 0.5) is 0 Å². The van der Waals surface area contributed by atoms with Crippen LogP contribution in [0.25, 0.3) is 0 Å². The molecule has 9 nitrogen and oxygen atoms in total. The van der Waals surface area contributed by atoms with Crippen LogP contribution in [-0.2, 0) is 14.2 Å². The summed E-state index contributed by atoms with van der Waals surface area (Å²) < 4.78 is 17.3. The minimum atomic E-state index is -1.55. The SMILES string of the molecule is CCCCCCCCCCCCCCCCCCCCCCCCCCO[C@@H](CO[C@H]1O[C@H](CO)[C@H](O)[C@H](O)[C@H]1O)[C@H](O)[C@H](O)CCCCCCCCCCCCCC. The van der Waals surface area contributed by atoms with Crippen LogP contribution in [-0.4, -0.2) is 99.5 Å². The first kappa shape index (κ1) is 56.7. The predicted molar refractivity (Wildman–Crippen MR) is 244 cm³/mol. The Kier molecular flexibility index (Phi) is 40.0. The zero-order valence-corrected chi connectivity index (χ0v) is 38.8. The van der Waals surface area contributed by atoms with Crippen LogP contribution in [0.3, 0.4) is 0 Å². The number of ether oxygens (including phenoxy) is 3. The molecule has 0 bridgehead atoms. The van der Waals surface area contributed by atoms with Crippen molar-refractivity contribution in [2.75, 3.05) is 19.8 Å². The summed E-state index contributed by atoms with van der Waals surface area (Å²) in [5.74, 6) is 0. The van der Waals surface area contributed by atoms with E-state index in [2.05, 4.69) is 13.8 Å². The van der Waals surface area contributed by atoms with Crippen molar-refractivity contribution in [3.05, 3.63) is 0 Å². The Labute approximate surface area is 364 Å². The Hall–Kier alpha value is -0.360. The highest BCUT2D eigenvalue weighted by atomic mass is 16.7. The molecule has 0 spiro atoms. The van der Waals surface area contributed by atoms with Crippen molar-refractivity contribution in [1.29, 1.82) is 0 Å². The van der Waals surface area contributed by atoms with Crippen LogP contribution in [0.15, 0.2) is 0 Å². The second-order valence-corrected chi connectivity index (χ2v) is 18.3. The van der Waals surface area contributed by atoms with Gasteiger partial charge in [0.25, 0.3) is 0 Å². The van der Waals surface area contributed by atoms with Crippen LogP contribution in [0, 0.1) is 0 Å². The van der Waals surface area contributed by atoms with E-state index in [0.29, 0.717) is 13.0 Å². The molecular weight excluding hydrogens is 745 g/mol. The molecule has 1 heterocycles. The fraction of sp³-hybridized carbons (Fsp3) is 1.00. The van der Waals surface area contributed by atoms with E-state index >= 15 is 0 Å². The average molecular weight is 845 g/mol. The minimum absolute atomic E-state index is 0.182. The van der Waals surface area contributed by atoms with Crippen molar-refractivity contribution in [3.63, 3.8) is 0 Å². The summed E-state index contributed by atoms with van der Waals surface area (Å²) in [4.78, 5) is 0. The summed E-state index contributed by atoms with van der Waals surface area (Å²) in [7, 11) is 0. The molecule has 1 rings (SSSR count). The minimum Gasteiger partial charge on any atom is -0.394 e. The highest BCUT2D eigenvalue weighted by Crippen LogP contribution is 2.24. The highest BCUT2D eigenvalue weighted by molar-refractivity contribution is 4.89. The molecule has 0 aromatic heterocycles. The van der Waals surface area contributed by atoms with E-state index in [1.807, 2.05) is 0 Å². The van der Waals surface area contributed by atoms with E-state index in [1.165, 1.54) is 193 Å². The molecule has 59 heavy (non-hydrogen) atoms. The quantitative estimate of drug-likeness (QED) is 0.0329. The van der Waals surface area contributed by atoms with Crippen molar-refractivity contribution in [1.82, 2.24) is 0 Å². The number of rotatable bonds is 45. The normalized spacial score (nSPS) is 21.3. The van der Waals surface area contributed by atoms with Gasteiger partial charge >= 0.3 is 0 Å². The topological polar surface area (TPSA) is 149 Å². The fourth-order valence-corrected chi connectivity index (χ4v) is 8.55. The van der Waals surface area contributed by atoms with E-state index in [0.717, 1.165) is 38.5 Å². The van der Waals surface area contributed by atoms with Gasteiger partial charge in [0.15, 0.2) is 6.29 Å². The second-order valence-electron chi connectivity index (χ2n) is 18.3. The molecule has 0 aromatic carbocycles. The van der Waals surface area contributed by atoms with E-state index in [-0.39, 0.29) is 6.61 Å². The molecule has 1 aliphatic heterocycles. The first-order valence-electron chi connectivity index (χ1n) is 25.8. The Morgan fingerprint density at radius 2 is 0.780 bits per heavy atom. The molecule has 0 amide bonds. The molecule has 0 aromatic rings. The molecule has 1 saturated heterocycles. The van der Waals surface area contributed by atoms with Gasteiger partial charge in [-0.1, -0.05) is 239 Å². The van der Waals surface area contributed by atoms with Crippen molar-refractivity contribution in [2.45, 2.75) is 300 Å². The summed E-state index contributed by atoms with van der Waals surface area (Å²) in [5.41, 5.74) is 0. The van der Waals surface area contributed by atoms with Gasteiger partial charge in [-0.25, -0.2) is 0 Å². The summed E-state index contributed by atoms with van der Waals surface area (Å²) in [6.07, 6.45) is 37.3. The lowest BCUT2D eigenvalue weighted by molar-refractivity contribution is -0.307. The van der Waals surface area contributed by atoms with Gasteiger partial charge in [0.05, 0.1) is 19.3 Å². The Balaban J connectivity index is 2.20. The predicted octanol–water partition coefficient (Wildman–Crippen LogP) is 11.4. The van der Waals surface area contributed by atoms with Gasteiger partial charge in [0, 0.05) is 6.61 Å². The lowest BCUT2D eigenvalue weighted by Crippen LogP contribution is -2.59. The maximum Gasteiger partial charge on any atom is 0.186 e. The first-order valence-corrected chi connectivity index (χ1v) is 25.8. The second kappa shape index (κ2) is 41.6. The Morgan fingerprint density at radius 3 is 1.14 bits per heavy atom. The molecule has 1 fully saturated rings. The Morgan fingerprint density at radius 1 is 0.441 bits per heavy atom. The van der Waals surface area contributed by atoms with E-state index in [9.17, 15) is 30.6 Å². The molecule has 0 aliphatic carbocycles. The molecule has 1 aliphatic rings. The molecule has 8 atom stereocenters. The average Bonchev–Trinajstić information content (AvgIpc) is 3.24. The van der Waals surface area contributed by atoms with Gasteiger partial charge in [0.1, 0.15) is 36.6 Å². The van der Waals surface area contributed by atoms with Crippen molar-refractivity contribution < 1.29 is 44.8 Å². The number of aliphatic hydroxyl groups is 6. The Bertz CT molecular complexity index is 847. The first-order chi connectivity index (χ1) is 28.9. The zero-order valence-electron chi connectivity index (χ0n) is 38.8. The number of hydrogen-bond acceptors (Lipinski definition) is 9. The molecule has 354 valence electrons. The molecule has 0 unspecified atom stereocenters. The van der Waals surface area contributed by atoms with Crippen molar-refractivity contribution in [2.24, 2.45) is 0 Å². The summed E-state index contributed by atoms with van der Waals surface area (Å²) >= 11 is 0. The molecule has 6 N–H and O–H groups in total. The van der Waals surface area contributed by atoms with Gasteiger partial charge in [-0.15, -0.1) is 0 Å². The van der Waals surface area contributed by atoms with Crippen molar-refractivity contribution in [3.8, 4) is 0 Å². The van der Waals surface area contributed by atoms with E-state index in [1.54, 1.807) is 0 Å². The van der Waals surface area contributed by atoms with E-state index < -0.39 is 55.6 Å². The van der Waals surface area contributed by atoms with Crippen LogP contribution in [0.5, 0.6) is 0 Å². The largest absolute Gasteiger partial charge is 0.394 e. The summed E-state index contributed by atoms with van der Waals surface area (Å²) in [6, 6.07) is 0. The van der Waals surface area contributed by atoms with Gasteiger partial charge in [0.2, 0.25) is 0 Å². The van der Waals surface area contributed by atoms with Gasteiger partial charge < -0.3 is 44.8 Å². The zero-order chi connectivity index (χ0) is 43.0. The number of aliphatic hydroxyl groups excluding tert-OH is 6. The summed E-state index contributed by atoms with van der Waals surface area (Å²) in [5, 5.41) is 62.4. The molecular formula is C50H100O9. The van der Waals surface area contributed by atoms with Gasteiger partial charge in [-0.2, -0.15) is 0 Å². The highest BCUT2D eigenvalue weighted by Gasteiger charge is 2.44. The van der Waals surface area contributed by atoms with Crippen LogP contribution in [0.2, 0.25) is 0 Å². The maximum absolute atomic E-state index is 11.1. The molecule has 0 radical (unpaired) electrons. The number of unbranched alkanes of at least 4 members (excludes halogenated alkanes) is 34. The third-order valence-corrected chi connectivity index (χ3v) is 12.7. The summed E-state index contributed by atoms with van der Waals surface area (Å²) in [6.45, 7) is 4.21. The smallest absolute Gasteiger partial charge is 0.186 e. The maximum atomic E-state index is 11.1. The van der Waals surface area contributed by atoms with Gasteiger partial charge in [-0.05, 0) is 12.8 Å². The molecule has 9 heteroatoms. The lowest BCUT2D eigenvalue weighted by Gasteiger charge is -2.40. The van der Waals surface area contributed by atoms with Gasteiger partial charge in [-0.3, -0.25) is 0 Å². The molecule has 0 saturated carbocycles. The monoisotopic (exact) mass is 845 g/mol. The van der Waals surface area contributed by atoms with Crippen LogP contribution >= 0.6 is 0 Å². The van der Waals surface area contributed by atoms with Crippen LogP contribution < -0.4 is 0 Å².